The van der Waals surface area contributed by atoms with Crippen molar-refractivity contribution in [3.63, 3.8) is 0 Å². The van der Waals surface area contributed by atoms with E-state index in [2.05, 4.69) is 25.9 Å². The first-order chi connectivity index (χ1) is 15.7. The minimum absolute atomic E-state index is 0.0103. The fourth-order valence-electron chi connectivity index (χ4n) is 2.93. The summed E-state index contributed by atoms with van der Waals surface area (Å²) in [7, 11) is 0. The largest absolute Gasteiger partial charge is 0.480 e. The number of aromatic nitrogens is 2. The first-order valence-corrected chi connectivity index (χ1v) is 12.1. The molecule has 13 heteroatoms. The van der Waals surface area contributed by atoms with Crippen LogP contribution >= 0.6 is 11.8 Å². The van der Waals surface area contributed by atoms with Crippen LogP contribution < -0.4 is 27.4 Å². The van der Waals surface area contributed by atoms with Crippen molar-refractivity contribution < 1.29 is 24.3 Å². The number of imidazole rings is 1. The third-order valence-electron chi connectivity index (χ3n) is 4.83. The zero-order chi connectivity index (χ0) is 24.8. The van der Waals surface area contributed by atoms with Crippen LogP contribution in [0.5, 0.6) is 0 Å². The molecule has 0 radical (unpaired) electrons. The molecular formula is C20H35N7O5S. The number of carboxylic acid groups (broad SMARTS) is 1. The number of amides is 3. The van der Waals surface area contributed by atoms with E-state index in [-0.39, 0.29) is 12.8 Å². The summed E-state index contributed by atoms with van der Waals surface area (Å²) in [5.41, 5.74) is 11.7. The number of hydrogen-bond acceptors (Lipinski definition) is 8. The molecule has 0 saturated carbocycles. The Hall–Kier alpha value is -2.64. The minimum Gasteiger partial charge on any atom is -0.480 e. The molecule has 1 heterocycles. The summed E-state index contributed by atoms with van der Waals surface area (Å²) in [4.78, 5) is 56.2. The van der Waals surface area contributed by atoms with Gasteiger partial charge in [0.05, 0.1) is 12.4 Å². The van der Waals surface area contributed by atoms with E-state index >= 15 is 0 Å². The summed E-state index contributed by atoms with van der Waals surface area (Å²) in [6.45, 7) is 1.95. The number of hydrogen-bond donors (Lipinski definition) is 7. The van der Waals surface area contributed by atoms with Gasteiger partial charge in [0.2, 0.25) is 17.7 Å². The molecule has 186 valence electrons. The lowest BCUT2D eigenvalue weighted by atomic mass is 10.1. The highest BCUT2D eigenvalue weighted by atomic mass is 32.2. The number of H-pyrrole nitrogens is 1. The molecule has 4 atom stereocenters. The number of unbranched alkanes of at least 4 members (excludes halogenated alkanes) is 1. The summed E-state index contributed by atoms with van der Waals surface area (Å²) in [6, 6.07) is -3.87. The first kappa shape index (κ1) is 28.4. The normalized spacial score (nSPS) is 14.5. The van der Waals surface area contributed by atoms with Crippen LogP contribution in [0.4, 0.5) is 0 Å². The molecule has 0 spiro atoms. The number of nitrogens with one attached hydrogen (secondary N) is 4. The highest BCUT2D eigenvalue weighted by Gasteiger charge is 2.29. The lowest BCUT2D eigenvalue weighted by Crippen LogP contribution is -2.57. The second kappa shape index (κ2) is 15.2. The van der Waals surface area contributed by atoms with Gasteiger partial charge in [-0.2, -0.15) is 11.8 Å². The summed E-state index contributed by atoms with van der Waals surface area (Å²) >= 11 is 1.48. The molecule has 0 aliphatic heterocycles. The third kappa shape index (κ3) is 10.7. The number of rotatable bonds is 16. The van der Waals surface area contributed by atoms with Crippen LogP contribution in [0.25, 0.3) is 0 Å². The number of aromatic amines is 1. The molecule has 1 aromatic heterocycles. The van der Waals surface area contributed by atoms with Gasteiger partial charge < -0.3 is 37.5 Å². The summed E-state index contributed by atoms with van der Waals surface area (Å²) in [5, 5.41) is 17.3. The van der Waals surface area contributed by atoms with Gasteiger partial charge in [-0.1, -0.05) is 0 Å². The molecule has 12 nitrogen and oxygen atoms in total. The highest BCUT2D eigenvalue weighted by molar-refractivity contribution is 7.98. The number of carbonyl (C=O) groups excluding carboxylic acids is 3. The van der Waals surface area contributed by atoms with Crippen molar-refractivity contribution in [2.75, 3.05) is 18.6 Å². The molecule has 0 saturated heterocycles. The predicted octanol–water partition coefficient (Wildman–Crippen LogP) is -1.28. The maximum absolute atomic E-state index is 12.9. The standard InChI is InChI=1S/C20H35N7O5S/c1-12(22)17(28)25-14(5-3-4-7-21)18(29)26-15(6-8-33-2)19(30)27-16(20(31)32)9-13-10-23-11-24-13/h10-12,14-16H,3-9,21-22H2,1-2H3,(H,23,24)(H,25,28)(H,26,29)(H,27,30)(H,31,32). The highest BCUT2D eigenvalue weighted by Crippen LogP contribution is 2.07. The molecule has 4 unspecified atom stereocenters. The Morgan fingerprint density at radius 3 is 2.18 bits per heavy atom. The lowest BCUT2D eigenvalue weighted by molar-refractivity contribution is -0.142. The van der Waals surface area contributed by atoms with Crippen molar-refractivity contribution in [3.8, 4) is 0 Å². The predicted molar refractivity (Wildman–Crippen MR) is 125 cm³/mol. The van der Waals surface area contributed by atoms with Crippen LogP contribution in [0, 0.1) is 0 Å². The van der Waals surface area contributed by atoms with Crippen molar-refractivity contribution in [1.29, 1.82) is 0 Å². The Labute approximate surface area is 197 Å². The number of carbonyl (C=O) groups is 4. The number of nitrogens with two attached hydrogens (primary N) is 2. The van der Waals surface area contributed by atoms with Gasteiger partial charge in [-0.15, -0.1) is 0 Å². The van der Waals surface area contributed by atoms with E-state index in [9.17, 15) is 24.3 Å². The molecule has 9 N–H and O–H groups in total. The molecule has 0 aliphatic carbocycles. The SMILES string of the molecule is CSCCC(NC(=O)C(CCCCN)NC(=O)C(C)N)C(=O)NC(Cc1cnc[nH]1)C(=O)O. The maximum Gasteiger partial charge on any atom is 0.326 e. The van der Waals surface area contributed by atoms with Crippen LogP contribution in [0.15, 0.2) is 12.5 Å². The molecular weight excluding hydrogens is 450 g/mol. The second-order valence-corrected chi connectivity index (χ2v) is 8.64. The van der Waals surface area contributed by atoms with Gasteiger partial charge >= 0.3 is 5.97 Å². The molecule has 0 aliphatic rings. The summed E-state index contributed by atoms with van der Waals surface area (Å²) in [5.74, 6) is -2.30. The van der Waals surface area contributed by atoms with E-state index in [0.29, 0.717) is 37.3 Å². The summed E-state index contributed by atoms with van der Waals surface area (Å²) < 4.78 is 0. The minimum atomic E-state index is -1.21. The van der Waals surface area contributed by atoms with Gasteiger partial charge in [0.25, 0.3) is 0 Å². The second-order valence-electron chi connectivity index (χ2n) is 7.66. The van der Waals surface area contributed by atoms with Crippen molar-refractivity contribution in [2.24, 2.45) is 11.5 Å². The van der Waals surface area contributed by atoms with E-state index in [1.807, 2.05) is 6.26 Å². The van der Waals surface area contributed by atoms with Crippen molar-refractivity contribution in [1.82, 2.24) is 25.9 Å². The van der Waals surface area contributed by atoms with Crippen molar-refractivity contribution in [3.05, 3.63) is 18.2 Å². The van der Waals surface area contributed by atoms with Gasteiger partial charge in [0, 0.05) is 18.3 Å². The monoisotopic (exact) mass is 485 g/mol. The van der Waals surface area contributed by atoms with Gasteiger partial charge in [-0.3, -0.25) is 14.4 Å². The molecule has 0 aromatic carbocycles. The number of nitrogens with zero attached hydrogens (tertiary/aromatic N) is 1. The molecule has 0 bridgehead atoms. The zero-order valence-corrected chi connectivity index (χ0v) is 19.8. The smallest absolute Gasteiger partial charge is 0.326 e. The Kier molecular flexibility index (Phi) is 13.1. The van der Waals surface area contributed by atoms with E-state index in [1.54, 1.807) is 0 Å². The number of carboxylic acids is 1. The average Bonchev–Trinajstić information content (AvgIpc) is 3.28. The quantitative estimate of drug-likeness (QED) is 0.139. The van der Waals surface area contributed by atoms with E-state index in [1.165, 1.54) is 31.2 Å². The molecule has 3 amide bonds. The van der Waals surface area contributed by atoms with Crippen LogP contribution in [0.3, 0.4) is 0 Å². The van der Waals surface area contributed by atoms with Gasteiger partial charge in [-0.05, 0) is 51.2 Å². The van der Waals surface area contributed by atoms with Crippen LogP contribution in [0.2, 0.25) is 0 Å². The zero-order valence-electron chi connectivity index (χ0n) is 19.0. The molecule has 0 fully saturated rings. The Morgan fingerprint density at radius 2 is 1.67 bits per heavy atom. The van der Waals surface area contributed by atoms with E-state index in [4.69, 9.17) is 11.5 Å². The Morgan fingerprint density at radius 1 is 1.06 bits per heavy atom. The van der Waals surface area contributed by atoms with Crippen molar-refractivity contribution >= 4 is 35.5 Å². The average molecular weight is 486 g/mol. The van der Waals surface area contributed by atoms with Gasteiger partial charge in [0.15, 0.2) is 0 Å². The Balaban J connectivity index is 2.91. The van der Waals surface area contributed by atoms with Gasteiger partial charge in [-0.25, -0.2) is 9.78 Å². The van der Waals surface area contributed by atoms with E-state index in [0.717, 1.165) is 0 Å². The molecule has 1 rings (SSSR count). The molecule has 1 aromatic rings. The van der Waals surface area contributed by atoms with Gasteiger partial charge in [0.1, 0.15) is 18.1 Å². The summed E-state index contributed by atoms with van der Waals surface area (Å²) in [6.07, 6.45) is 6.63. The van der Waals surface area contributed by atoms with Crippen LogP contribution in [-0.4, -0.2) is 81.5 Å². The van der Waals surface area contributed by atoms with Crippen LogP contribution in [0.1, 0.15) is 38.3 Å². The number of aliphatic carboxylic acids is 1. The number of thioether (sulfide) groups is 1. The van der Waals surface area contributed by atoms with Crippen molar-refractivity contribution in [2.45, 2.75) is 63.2 Å². The first-order valence-electron chi connectivity index (χ1n) is 10.7. The topological polar surface area (TPSA) is 205 Å². The molecule has 33 heavy (non-hydrogen) atoms. The fraction of sp³-hybridized carbons (Fsp3) is 0.650. The maximum atomic E-state index is 12.9. The van der Waals surface area contributed by atoms with E-state index < -0.39 is 47.9 Å². The Bertz CT molecular complexity index is 760. The van der Waals surface area contributed by atoms with Crippen LogP contribution in [-0.2, 0) is 25.6 Å². The lowest BCUT2D eigenvalue weighted by Gasteiger charge is -2.25. The fourth-order valence-corrected chi connectivity index (χ4v) is 3.40. The third-order valence-corrected chi connectivity index (χ3v) is 5.47.